The molecule has 1 unspecified atom stereocenters. The normalized spacial score (nSPS) is 22.6. The lowest BCUT2D eigenvalue weighted by atomic mass is 9.93. The number of likely N-dealkylation sites (tertiary alicyclic amines) is 1. The molecule has 1 saturated heterocycles. The molecule has 1 fully saturated rings. The number of fused-ring (bicyclic) bond motifs is 3. The predicted molar refractivity (Wildman–Crippen MR) is 112 cm³/mol. The second-order valence-electron chi connectivity index (χ2n) is 8.54. The highest BCUT2D eigenvalue weighted by Gasteiger charge is 2.24. The molecule has 2 aliphatic rings. The average Bonchev–Trinajstić information content (AvgIpc) is 3.28. The van der Waals surface area contributed by atoms with Crippen LogP contribution < -0.4 is 0 Å². The van der Waals surface area contributed by atoms with Crippen LogP contribution in [0.3, 0.4) is 0 Å². The minimum Gasteiger partial charge on any atom is -0.297 e. The van der Waals surface area contributed by atoms with Crippen molar-refractivity contribution in [3.63, 3.8) is 0 Å². The Kier molecular flexibility index (Phi) is 4.16. The molecule has 1 atom stereocenters. The van der Waals surface area contributed by atoms with Crippen LogP contribution in [-0.4, -0.2) is 49.5 Å². The van der Waals surface area contributed by atoms with Crippen molar-refractivity contribution in [1.82, 2.24) is 29.9 Å². The lowest BCUT2D eigenvalue weighted by Crippen LogP contribution is -2.38. The molecular weight excluding hydrogens is 348 g/mol. The molecule has 0 bridgehead atoms. The van der Waals surface area contributed by atoms with Gasteiger partial charge in [0.1, 0.15) is 5.52 Å². The van der Waals surface area contributed by atoms with E-state index in [0.717, 1.165) is 48.1 Å². The summed E-state index contributed by atoms with van der Waals surface area (Å²) >= 11 is 0. The molecule has 3 aromatic rings. The topological polar surface area (TPSA) is 62.6 Å². The van der Waals surface area contributed by atoms with Crippen LogP contribution in [-0.2, 0) is 0 Å². The molecule has 5 rings (SSSR count). The number of allylic oxidation sites excluding steroid dienone is 4. The van der Waals surface area contributed by atoms with Crippen LogP contribution in [0.25, 0.3) is 22.1 Å². The lowest BCUT2D eigenvalue weighted by molar-refractivity contribution is 0.184. The maximum atomic E-state index is 4.49. The van der Waals surface area contributed by atoms with Gasteiger partial charge in [0.15, 0.2) is 5.65 Å². The van der Waals surface area contributed by atoms with E-state index in [9.17, 15) is 0 Å². The maximum absolute atomic E-state index is 4.49. The van der Waals surface area contributed by atoms with Gasteiger partial charge in [-0.25, -0.2) is 15.2 Å². The number of aromatic amines is 1. The highest BCUT2D eigenvalue weighted by Crippen LogP contribution is 2.29. The van der Waals surface area contributed by atoms with Crippen LogP contribution in [0.15, 0.2) is 54.4 Å². The Morgan fingerprint density at radius 2 is 2.18 bits per heavy atom. The quantitative estimate of drug-likeness (QED) is 0.752. The predicted octanol–water partition coefficient (Wildman–Crippen LogP) is 4.02. The van der Waals surface area contributed by atoms with Crippen molar-refractivity contribution in [1.29, 1.82) is 0 Å². The number of rotatable bonds is 3. The Bertz CT molecular complexity index is 1100. The highest BCUT2D eigenvalue weighted by molar-refractivity contribution is 6.00. The molecule has 144 valence electrons. The number of pyridine rings is 1. The van der Waals surface area contributed by atoms with Crippen molar-refractivity contribution in [2.75, 3.05) is 19.6 Å². The first-order valence-electron chi connectivity index (χ1n) is 10.1. The van der Waals surface area contributed by atoms with E-state index < -0.39 is 0 Å². The molecule has 0 aromatic carbocycles. The molecule has 4 heterocycles. The summed E-state index contributed by atoms with van der Waals surface area (Å²) in [7, 11) is 0. The van der Waals surface area contributed by atoms with E-state index in [1.54, 1.807) is 0 Å². The first-order valence-corrected chi connectivity index (χ1v) is 10.1. The summed E-state index contributed by atoms with van der Waals surface area (Å²) in [6.45, 7) is 7.60. The van der Waals surface area contributed by atoms with Gasteiger partial charge in [0.05, 0.1) is 17.8 Å². The SMILES string of the molecule is CC1(C)C=CC=C(CN2CCCC(n3[nH]nc4cnc5nccc5c43)C2)C=C1. The summed E-state index contributed by atoms with van der Waals surface area (Å²) in [5, 5.41) is 8.81. The van der Waals surface area contributed by atoms with Crippen LogP contribution in [0.2, 0.25) is 0 Å². The molecule has 28 heavy (non-hydrogen) atoms. The van der Waals surface area contributed by atoms with Crippen LogP contribution in [0.1, 0.15) is 32.7 Å². The van der Waals surface area contributed by atoms with Gasteiger partial charge in [-0.3, -0.25) is 9.58 Å². The summed E-state index contributed by atoms with van der Waals surface area (Å²) < 4.78 is 2.23. The number of hydrogen-bond acceptors (Lipinski definition) is 4. The average molecular weight is 374 g/mol. The van der Waals surface area contributed by atoms with Gasteiger partial charge >= 0.3 is 0 Å². The van der Waals surface area contributed by atoms with Gasteiger partial charge in [-0.15, -0.1) is 0 Å². The van der Waals surface area contributed by atoms with Crippen molar-refractivity contribution in [3.05, 3.63) is 54.4 Å². The van der Waals surface area contributed by atoms with Crippen molar-refractivity contribution < 1.29 is 0 Å². The van der Waals surface area contributed by atoms with Gasteiger partial charge in [0, 0.05) is 30.1 Å². The third kappa shape index (κ3) is 3.18. The molecule has 0 spiro atoms. The van der Waals surface area contributed by atoms with Gasteiger partial charge in [0.25, 0.3) is 0 Å². The number of nitrogens with zero attached hydrogens (tertiary/aromatic N) is 5. The van der Waals surface area contributed by atoms with Gasteiger partial charge in [-0.2, -0.15) is 5.10 Å². The number of piperidine rings is 1. The minimum atomic E-state index is 0.125. The zero-order valence-corrected chi connectivity index (χ0v) is 16.5. The first-order chi connectivity index (χ1) is 13.6. The highest BCUT2D eigenvalue weighted by atomic mass is 15.4. The van der Waals surface area contributed by atoms with Crippen molar-refractivity contribution in [2.24, 2.45) is 5.41 Å². The molecule has 6 heteroatoms. The number of hydrogen-bond donors (Lipinski definition) is 1. The first kappa shape index (κ1) is 17.4. The van der Waals surface area contributed by atoms with E-state index in [0.29, 0.717) is 6.04 Å². The van der Waals surface area contributed by atoms with E-state index in [2.05, 4.69) is 74.1 Å². The molecule has 0 saturated carbocycles. The zero-order chi connectivity index (χ0) is 19.1. The van der Waals surface area contributed by atoms with E-state index in [1.165, 1.54) is 12.0 Å². The van der Waals surface area contributed by atoms with Gasteiger partial charge in [-0.1, -0.05) is 44.2 Å². The molecule has 1 N–H and O–H groups in total. The van der Waals surface area contributed by atoms with E-state index >= 15 is 0 Å². The standard InChI is InChI=1S/C22H26N6/c1-22(2)9-3-5-16(7-10-22)14-27-12-4-6-17(15-27)28-20-18-8-11-23-21(18)24-13-19(20)25-26-28/h3,5,7-11,13,17,26H,4,6,12,14-15H2,1-2H3. The van der Waals surface area contributed by atoms with Gasteiger partial charge < -0.3 is 0 Å². The molecule has 3 aromatic heterocycles. The number of H-pyrrole nitrogens is 1. The largest absolute Gasteiger partial charge is 0.297 e. The fourth-order valence-electron chi connectivity index (χ4n) is 4.29. The molecule has 1 aliphatic heterocycles. The monoisotopic (exact) mass is 374 g/mol. The van der Waals surface area contributed by atoms with Crippen molar-refractivity contribution in [2.45, 2.75) is 32.7 Å². The molecule has 0 amide bonds. The van der Waals surface area contributed by atoms with Crippen LogP contribution >= 0.6 is 0 Å². The summed E-state index contributed by atoms with van der Waals surface area (Å²) in [6.07, 6.45) is 17.3. The van der Waals surface area contributed by atoms with E-state index in [-0.39, 0.29) is 5.41 Å². The summed E-state index contributed by atoms with van der Waals surface area (Å²) in [6, 6.07) is 2.41. The second-order valence-corrected chi connectivity index (χ2v) is 8.54. The second kappa shape index (κ2) is 6.71. The molecular formula is C22H26N6. The third-order valence-electron chi connectivity index (χ3n) is 5.82. The van der Waals surface area contributed by atoms with Crippen LogP contribution in [0, 0.1) is 5.41 Å². The fraction of sp³-hybridized carbons (Fsp3) is 0.409. The maximum Gasteiger partial charge on any atom is 0.161 e. The van der Waals surface area contributed by atoms with Gasteiger partial charge in [-0.05, 0) is 31.0 Å². The minimum absolute atomic E-state index is 0.125. The molecule has 1 aliphatic carbocycles. The summed E-state index contributed by atoms with van der Waals surface area (Å²) in [4.78, 5) is 11.3. The Morgan fingerprint density at radius 3 is 3.11 bits per heavy atom. The van der Waals surface area contributed by atoms with Crippen molar-refractivity contribution >= 4 is 22.1 Å². The zero-order valence-electron chi connectivity index (χ0n) is 16.5. The van der Waals surface area contributed by atoms with Crippen molar-refractivity contribution in [3.8, 4) is 0 Å². The molecule has 0 radical (unpaired) electrons. The molecule has 6 nitrogen and oxygen atoms in total. The van der Waals surface area contributed by atoms with E-state index in [4.69, 9.17) is 0 Å². The number of nitrogens with one attached hydrogen (secondary N) is 1. The summed E-state index contributed by atoms with van der Waals surface area (Å²) in [5.74, 6) is 0. The van der Waals surface area contributed by atoms with Crippen LogP contribution in [0.4, 0.5) is 0 Å². The number of aromatic nitrogens is 5. The third-order valence-corrected chi connectivity index (χ3v) is 5.82. The Balaban J connectivity index is 1.39. The van der Waals surface area contributed by atoms with Crippen LogP contribution in [0.5, 0.6) is 0 Å². The lowest BCUT2D eigenvalue weighted by Gasteiger charge is -2.33. The Morgan fingerprint density at radius 1 is 1.25 bits per heavy atom. The van der Waals surface area contributed by atoms with Gasteiger partial charge in [0.2, 0.25) is 0 Å². The Hall–Kier alpha value is -2.73. The Labute approximate surface area is 164 Å². The smallest absolute Gasteiger partial charge is 0.161 e. The fourth-order valence-corrected chi connectivity index (χ4v) is 4.29. The summed E-state index contributed by atoms with van der Waals surface area (Å²) in [5.41, 5.74) is 4.31. The van der Waals surface area contributed by atoms with E-state index in [1.807, 2.05) is 18.5 Å².